The number of rotatable bonds is 5. The van der Waals surface area contributed by atoms with Crippen LogP contribution in [0.15, 0.2) is 53.5 Å². The number of carbonyl (C=O) groups is 1. The Morgan fingerprint density at radius 1 is 1.21 bits per heavy atom. The number of nitrogens with zero attached hydrogens (tertiary/aromatic N) is 2. The van der Waals surface area contributed by atoms with Gasteiger partial charge < -0.3 is 14.9 Å². The molecule has 124 valence electrons. The van der Waals surface area contributed by atoms with Gasteiger partial charge in [-0.15, -0.1) is 0 Å². The second kappa shape index (κ2) is 6.70. The van der Waals surface area contributed by atoms with E-state index in [4.69, 9.17) is 0 Å². The number of aromatic amines is 1. The van der Waals surface area contributed by atoms with Gasteiger partial charge in [0.2, 0.25) is 5.91 Å². The molecule has 0 saturated heterocycles. The van der Waals surface area contributed by atoms with E-state index in [9.17, 15) is 9.59 Å². The van der Waals surface area contributed by atoms with E-state index in [0.717, 1.165) is 16.9 Å². The van der Waals surface area contributed by atoms with Crippen LogP contribution >= 0.6 is 0 Å². The van der Waals surface area contributed by atoms with Gasteiger partial charge in [-0.05, 0) is 24.1 Å². The van der Waals surface area contributed by atoms with E-state index in [2.05, 4.69) is 15.3 Å². The van der Waals surface area contributed by atoms with Crippen molar-refractivity contribution in [2.24, 2.45) is 5.92 Å². The van der Waals surface area contributed by atoms with Crippen LogP contribution in [0.5, 0.6) is 0 Å². The van der Waals surface area contributed by atoms with Gasteiger partial charge in [0.1, 0.15) is 12.4 Å². The smallest absolute Gasteiger partial charge is 0.250 e. The predicted octanol–water partition coefficient (Wildman–Crippen LogP) is 2.24. The van der Waals surface area contributed by atoms with E-state index in [0.29, 0.717) is 0 Å². The molecule has 0 unspecified atom stereocenters. The molecular weight excluding hydrogens is 304 g/mol. The summed E-state index contributed by atoms with van der Waals surface area (Å²) in [5.41, 5.74) is 1.61. The first kappa shape index (κ1) is 16.0. The normalized spacial score (nSPS) is 12.5. The fraction of sp³-hybridized carbons (Fsp3) is 0.278. The topological polar surface area (TPSA) is 79.8 Å². The first-order valence-corrected chi connectivity index (χ1v) is 7.94. The highest BCUT2D eigenvalue weighted by Crippen LogP contribution is 2.22. The number of carbonyl (C=O) groups excluding carboxylic acids is 1. The molecular formula is C18H20N4O2. The Labute approximate surface area is 139 Å². The lowest BCUT2D eigenvalue weighted by molar-refractivity contribution is -0.122. The van der Waals surface area contributed by atoms with Crippen LogP contribution in [-0.2, 0) is 11.3 Å². The molecule has 0 aliphatic carbocycles. The lowest BCUT2D eigenvalue weighted by atomic mass is 10.0. The number of nitrogens with one attached hydrogen (secondary N) is 2. The van der Waals surface area contributed by atoms with Crippen molar-refractivity contribution in [3.63, 3.8) is 0 Å². The third-order valence-corrected chi connectivity index (χ3v) is 3.90. The fourth-order valence-corrected chi connectivity index (χ4v) is 2.64. The van der Waals surface area contributed by atoms with E-state index in [1.54, 1.807) is 18.3 Å². The molecule has 1 amide bonds. The molecule has 0 fully saturated rings. The van der Waals surface area contributed by atoms with Crippen LogP contribution in [0.3, 0.4) is 0 Å². The summed E-state index contributed by atoms with van der Waals surface area (Å²) >= 11 is 0. The highest BCUT2D eigenvalue weighted by molar-refractivity contribution is 5.77. The molecule has 0 radical (unpaired) electrons. The Bertz CT molecular complexity index is 877. The third kappa shape index (κ3) is 3.37. The molecule has 1 aromatic carbocycles. The van der Waals surface area contributed by atoms with E-state index in [1.807, 2.05) is 38.1 Å². The Balaban J connectivity index is 1.80. The molecule has 1 atom stereocenters. The second-order valence-corrected chi connectivity index (χ2v) is 6.10. The lowest BCUT2D eigenvalue weighted by Crippen LogP contribution is -2.36. The van der Waals surface area contributed by atoms with Crippen LogP contribution in [0.2, 0.25) is 0 Å². The maximum absolute atomic E-state index is 12.4. The first-order chi connectivity index (χ1) is 11.5. The number of imidazole rings is 1. The standard InChI is InChI=1S/C18H20N4O2/c1-12(2)17(18-19-13-7-3-4-8-14(13)20-18)21-15(23)11-22-10-6-5-9-16(22)24/h3-10,12,17H,11H2,1-2H3,(H,19,20)(H,21,23)/t17-/m1/s1. The van der Waals surface area contributed by atoms with Crippen LogP contribution < -0.4 is 10.9 Å². The molecule has 24 heavy (non-hydrogen) atoms. The number of hydrogen-bond acceptors (Lipinski definition) is 3. The number of para-hydroxylation sites is 2. The van der Waals surface area contributed by atoms with Gasteiger partial charge >= 0.3 is 0 Å². The summed E-state index contributed by atoms with van der Waals surface area (Å²) in [6.45, 7) is 4.03. The van der Waals surface area contributed by atoms with Gasteiger partial charge in [-0.25, -0.2) is 4.98 Å². The van der Waals surface area contributed by atoms with Crippen LogP contribution in [0.1, 0.15) is 25.7 Å². The Morgan fingerprint density at radius 2 is 1.96 bits per heavy atom. The number of aromatic nitrogens is 3. The fourth-order valence-electron chi connectivity index (χ4n) is 2.64. The minimum Gasteiger partial charge on any atom is -0.344 e. The molecule has 0 spiro atoms. The highest BCUT2D eigenvalue weighted by atomic mass is 16.2. The highest BCUT2D eigenvalue weighted by Gasteiger charge is 2.21. The summed E-state index contributed by atoms with van der Waals surface area (Å²) in [7, 11) is 0. The molecule has 2 heterocycles. The van der Waals surface area contributed by atoms with Crippen LogP contribution in [0.25, 0.3) is 11.0 Å². The monoisotopic (exact) mass is 324 g/mol. The van der Waals surface area contributed by atoms with Gasteiger partial charge in [-0.2, -0.15) is 0 Å². The molecule has 3 aromatic rings. The summed E-state index contributed by atoms with van der Waals surface area (Å²) in [6, 6.07) is 12.3. The average molecular weight is 324 g/mol. The molecule has 2 N–H and O–H groups in total. The summed E-state index contributed by atoms with van der Waals surface area (Å²) in [5.74, 6) is 0.657. The molecule has 0 aliphatic rings. The summed E-state index contributed by atoms with van der Waals surface area (Å²) in [5, 5.41) is 2.98. The molecule has 0 bridgehead atoms. The number of amides is 1. The number of H-pyrrole nitrogens is 1. The second-order valence-electron chi connectivity index (χ2n) is 6.10. The van der Waals surface area contributed by atoms with Crippen molar-refractivity contribution in [1.82, 2.24) is 19.9 Å². The van der Waals surface area contributed by atoms with Gasteiger partial charge in [0, 0.05) is 12.3 Å². The number of benzene rings is 1. The van der Waals surface area contributed by atoms with Crippen LogP contribution in [0.4, 0.5) is 0 Å². The molecule has 2 aromatic heterocycles. The number of pyridine rings is 1. The number of hydrogen-bond donors (Lipinski definition) is 2. The van der Waals surface area contributed by atoms with Crippen molar-refractivity contribution in [3.05, 3.63) is 64.8 Å². The summed E-state index contributed by atoms with van der Waals surface area (Å²) < 4.78 is 1.38. The molecule has 0 aliphatic heterocycles. The minimum absolute atomic E-state index is 0.0108. The van der Waals surface area contributed by atoms with Gasteiger partial charge in [0.05, 0.1) is 17.1 Å². The van der Waals surface area contributed by atoms with Crippen molar-refractivity contribution in [2.45, 2.75) is 26.4 Å². The van der Waals surface area contributed by atoms with E-state index < -0.39 is 0 Å². The molecule has 0 saturated carbocycles. The zero-order valence-corrected chi connectivity index (χ0v) is 13.7. The van der Waals surface area contributed by atoms with Crippen molar-refractivity contribution in [3.8, 4) is 0 Å². The van der Waals surface area contributed by atoms with E-state index >= 15 is 0 Å². The third-order valence-electron chi connectivity index (χ3n) is 3.90. The van der Waals surface area contributed by atoms with E-state index in [-0.39, 0.29) is 30.0 Å². The zero-order valence-electron chi connectivity index (χ0n) is 13.7. The van der Waals surface area contributed by atoms with Crippen LogP contribution in [0, 0.1) is 5.92 Å². The summed E-state index contributed by atoms with van der Waals surface area (Å²) in [6.07, 6.45) is 1.60. The predicted molar refractivity (Wildman–Crippen MR) is 92.5 cm³/mol. The number of fused-ring (bicyclic) bond motifs is 1. The largest absolute Gasteiger partial charge is 0.344 e. The van der Waals surface area contributed by atoms with Gasteiger partial charge in [0.15, 0.2) is 0 Å². The SMILES string of the molecule is CC(C)[C@@H](NC(=O)Cn1ccccc1=O)c1nc2ccccc2[nH]1. The average Bonchev–Trinajstić information content (AvgIpc) is 2.98. The Hall–Kier alpha value is -2.89. The van der Waals surface area contributed by atoms with Gasteiger partial charge in [-0.1, -0.05) is 32.0 Å². The van der Waals surface area contributed by atoms with Crippen molar-refractivity contribution < 1.29 is 4.79 Å². The van der Waals surface area contributed by atoms with Crippen molar-refractivity contribution in [1.29, 1.82) is 0 Å². The molecule has 6 heteroatoms. The van der Waals surface area contributed by atoms with Gasteiger partial charge in [0.25, 0.3) is 5.56 Å². The van der Waals surface area contributed by atoms with E-state index in [1.165, 1.54) is 10.6 Å². The lowest BCUT2D eigenvalue weighted by Gasteiger charge is -2.20. The van der Waals surface area contributed by atoms with Crippen LogP contribution in [-0.4, -0.2) is 20.4 Å². The molecule has 6 nitrogen and oxygen atoms in total. The maximum atomic E-state index is 12.4. The Morgan fingerprint density at radius 3 is 2.67 bits per heavy atom. The quantitative estimate of drug-likeness (QED) is 0.755. The zero-order chi connectivity index (χ0) is 17.1. The molecule has 3 rings (SSSR count). The maximum Gasteiger partial charge on any atom is 0.250 e. The van der Waals surface area contributed by atoms with Crippen molar-refractivity contribution in [2.75, 3.05) is 0 Å². The Kier molecular flexibility index (Phi) is 4.46. The van der Waals surface area contributed by atoms with Gasteiger partial charge in [-0.3, -0.25) is 9.59 Å². The first-order valence-electron chi connectivity index (χ1n) is 7.94. The minimum atomic E-state index is -0.246. The summed E-state index contributed by atoms with van der Waals surface area (Å²) in [4.78, 5) is 31.9. The van der Waals surface area contributed by atoms with Crippen molar-refractivity contribution >= 4 is 16.9 Å².